The van der Waals surface area contributed by atoms with Crippen molar-refractivity contribution in [2.75, 3.05) is 6.61 Å². The van der Waals surface area contributed by atoms with E-state index in [9.17, 15) is 4.79 Å². The van der Waals surface area contributed by atoms with Gasteiger partial charge in [0.15, 0.2) is 0 Å². The molecule has 0 aromatic heterocycles. The number of hydrogen-bond acceptors (Lipinski definition) is 2. The van der Waals surface area contributed by atoms with Crippen molar-refractivity contribution in [1.29, 1.82) is 0 Å². The fourth-order valence-electron chi connectivity index (χ4n) is 1.84. The van der Waals surface area contributed by atoms with Crippen molar-refractivity contribution in [2.24, 2.45) is 17.6 Å². The van der Waals surface area contributed by atoms with Crippen LogP contribution in [0.25, 0.3) is 0 Å². The predicted octanol–water partition coefficient (Wildman–Crippen LogP) is 1.31. The molecule has 1 amide bonds. The second-order valence-electron chi connectivity index (χ2n) is 4.21. The Morgan fingerprint density at radius 3 is 2.85 bits per heavy atom. The van der Waals surface area contributed by atoms with Gasteiger partial charge in [-0.15, -0.1) is 0 Å². The molecule has 76 valence electrons. The maximum atomic E-state index is 10.7. The van der Waals surface area contributed by atoms with Crippen LogP contribution in [-0.4, -0.2) is 18.6 Å². The Morgan fingerprint density at radius 1 is 1.62 bits per heavy atom. The molecule has 1 aliphatic heterocycles. The summed E-state index contributed by atoms with van der Waals surface area (Å²) in [5.74, 6) is 0.795. The lowest BCUT2D eigenvalue weighted by molar-refractivity contribution is -0.120. The van der Waals surface area contributed by atoms with Crippen LogP contribution < -0.4 is 5.73 Å². The van der Waals surface area contributed by atoms with Crippen molar-refractivity contribution in [1.82, 2.24) is 0 Å². The van der Waals surface area contributed by atoms with Gasteiger partial charge >= 0.3 is 0 Å². The average molecular weight is 185 g/mol. The van der Waals surface area contributed by atoms with Crippen LogP contribution in [-0.2, 0) is 9.53 Å². The van der Waals surface area contributed by atoms with Crippen LogP contribution >= 0.6 is 0 Å². The Kier molecular flexibility index (Phi) is 3.72. The standard InChI is InChI=1S/C10H19NO2/c1-7(2)9-5-8(3-4-13-9)6-10(11)12/h7-9H,3-6H2,1-2H3,(H2,11,12). The summed E-state index contributed by atoms with van der Waals surface area (Å²) in [5.41, 5.74) is 5.17. The van der Waals surface area contributed by atoms with Crippen molar-refractivity contribution < 1.29 is 9.53 Å². The molecule has 3 heteroatoms. The quantitative estimate of drug-likeness (QED) is 0.720. The minimum Gasteiger partial charge on any atom is -0.378 e. The molecule has 3 nitrogen and oxygen atoms in total. The molecule has 2 N–H and O–H groups in total. The van der Waals surface area contributed by atoms with Gasteiger partial charge in [-0.1, -0.05) is 13.8 Å². The molecule has 1 heterocycles. The molecule has 0 aromatic rings. The van der Waals surface area contributed by atoms with Gasteiger partial charge in [0.05, 0.1) is 6.10 Å². The summed E-state index contributed by atoms with van der Waals surface area (Å²) in [6.07, 6.45) is 2.80. The average Bonchev–Trinajstić information content (AvgIpc) is 2.03. The first-order chi connectivity index (χ1) is 6.09. The monoisotopic (exact) mass is 185 g/mol. The summed E-state index contributed by atoms with van der Waals surface area (Å²) >= 11 is 0. The van der Waals surface area contributed by atoms with Crippen LogP contribution in [0.15, 0.2) is 0 Å². The van der Waals surface area contributed by atoms with Crippen molar-refractivity contribution in [3.8, 4) is 0 Å². The van der Waals surface area contributed by atoms with Crippen LogP contribution in [0.2, 0.25) is 0 Å². The highest BCUT2D eigenvalue weighted by Gasteiger charge is 2.25. The van der Waals surface area contributed by atoms with Crippen LogP contribution in [0, 0.1) is 11.8 Å². The maximum absolute atomic E-state index is 10.7. The molecule has 0 radical (unpaired) electrons. The highest BCUT2D eigenvalue weighted by Crippen LogP contribution is 2.26. The first-order valence-corrected chi connectivity index (χ1v) is 4.99. The van der Waals surface area contributed by atoms with Gasteiger partial charge in [0.2, 0.25) is 5.91 Å². The predicted molar refractivity (Wildman–Crippen MR) is 51.1 cm³/mol. The van der Waals surface area contributed by atoms with Crippen molar-refractivity contribution >= 4 is 5.91 Å². The summed E-state index contributed by atoms with van der Waals surface area (Å²) in [6, 6.07) is 0. The molecule has 0 aromatic carbocycles. The highest BCUT2D eigenvalue weighted by molar-refractivity contribution is 5.73. The lowest BCUT2D eigenvalue weighted by Crippen LogP contribution is -2.31. The first-order valence-electron chi connectivity index (χ1n) is 4.99. The van der Waals surface area contributed by atoms with Crippen molar-refractivity contribution in [3.63, 3.8) is 0 Å². The summed E-state index contributed by atoms with van der Waals surface area (Å²) in [4.78, 5) is 10.7. The van der Waals surface area contributed by atoms with Gasteiger partial charge in [-0.05, 0) is 24.7 Å². The van der Waals surface area contributed by atoms with Crippen LogP contribution in [0.3, 0.4) is 0 Å². The van der Waals surface area contributed by atoms with E-state index >= 15 is 0 Å². The molecule has 1 aliphatic rings. The van der Waals surface area contributed by atoms with Crippen LogP contribution in [0.1, 0.15) is 33.1 Å². The van der Waals surface area contributed by atoms with Gasteiger partial charge in [0.1, 0.15) is 0 Å². The molecule has 0 spiro atoms. The van der Waals surface area contributed by atoms with E-state index in [1.165, 1.54) is 0 Å². The van der Waals surface area contributed by atoms with Gasteiger partial charge < -0.3 is 10.5 Å². The van der Waals surface area contributed by atoms with Gasteiger partial charge in [-0.2, -0.15) is 0 Å². The molecular formula is C10H19NO2. The van der Waals surface area contributed by atoms with Crippen molar-refractivity contribution in [3.05, 3.63) is 0 Å². The number of rotatable bonds is 3. The lowest BCUT2D eigenvalue weighted by Gasteiger charge is -2.31. The minimum absolute atomic E-state index is 0.186. The number of carbonyl (C=O) groups excluding carboxylic acids is 1. The third kappa shape index (κ3) is 3.35. The van der Waals surface area contributed by atoms with Gasteiger partial charge in [0.25, 0.3) is 0 Å². The maximum Gasteiger partial charge on any atom is 0.217 e. The number of primary amides is 1. The second kappa shape index (κ2) is 4.61. The van der Waals surface area contributed by atoms with Crippen LogP contribution in [0.4, 0.5) is 0 Å². The Labute approximate surface area is 79.6 Å². The van der Waals surface area contributed by atoms with E-state index in [2.05, 4.69) is 13.8 Å². The minimum atomic E-state index is -0.186. The number of ether oxygens (including phenoxy) is 1. The molecule has 2 unspecified atom stereocenters. The first kappa shape index (κ1) is 10.5. The van der Waals surface area contributed by atoms with Gasteiger partial charge in [0, 0.05) is 13.0 Å². The molecule has 0 saturated carbocycles. The Hall–Kier alpha value is -0.570. The van der Waals surface area contributed by atoms with E-state index in [0.29, 0.717) is 24.4 Å². The zero-order chi connectivity index (χ0) is 9.84. The summed E-state index contributed by atoms with van der Waals surface area (Å²) < 4.78 is 5.60. The fraction of sp³-hybridized carbons (Fsp3) is 0.900. The van der Waals surface area contributed by atoms with Gasteiger partial charge in [-0.25, -0.2) is 0 Å². The summed E-state index contributed by atoms with van der Waals surface area (Å²) in [5, 5.41) is 0. The third-order valence-corrected chi connectivity index (χ3v) is 2.66. The molecule has 1 saturated heterocycles. The zero-order valence-electron chi connectivity index (χ0n) is 8.45. The fourth-order valence-corrected chi connectivity index (χ4v) is 1.84. The topological polar surface area (TPSA) is 52.3 Å². The van der Waals surface area contributed by atoms with E-state index in [0.717, 1.165) is 19.4 Å². The lowest BCUT2D eigenvalue weighted by atomic mass is 9.88. The van der Waals surface area contributed by atoms with E-state index in [4.69, 9.17) is 10.5 Å². The van der Waals surface area contributed by atoms with Crippen molar-refractivity contribution in [2.45, 2.75) is 39.2 Å². The molecule has 0 bridgehead atoms. The second-order valence-corrected chi connectivity index (χ2v) is 4.21. The molecule has 2 atom stereocenters. The zero-order valence-corrected chi connectivity index (χ0v) is 8.45. The summed E-state index contributed by atoms with van der Waals surface area (Å²) in [7, 11) is 0. The molecule has 0 aliphatic carbocycles. The van der Waals surface area contributed by atoms with E-state index in [1.807, 2.05) is 0 Å². The number of hydrogen-bond donors (Lipinski definition) is 1. The number of nitrogens with two attached hydrogens (primary N) is 1. The van der Waals surface area contributed by atoms with Crippen LogP contribution in [0.5, 0.6) is 0 Å². The molecule has 13 heavy (non-hydrogen) atoms. The molecule has 1 fully saturated rings. The summed E-state index contributed by atoms with van der Waals surface area (Å²) in [6.45, 7) is 5.08. The SMILES string of the molecule is CC(C)C1CC(CC(N)=O)CCO1. The normalized spacial score (nSPS) is 29.2. The molecule has 1 rings (SSSR count). The molecular weight excluding hydrogens is 166 g/mol. The Bertz CT molecular complexity index is 180. The van der Waals surface area contributed by atoms with E-state index < -0.39 is 0 Å². The largest absolute Gasteiger partial charge is 0.378 e. The highest BCUT2D eigenvalue weighted by atomic mass is 16.5. The van der Waals surface area contributed by atoms with E-state index in [1.54, 1.807) is 0 Å². The third-order valence-electron chi connectivity index (χ3n) is 2.66. The smallest absolute Gasteiger partial charge is 0.217 e. The van der Waals surface area contributed by atoms with Gasteiger partial charge in [-0.3, -0.25) is 4.79 Å². The van der Waals surface area contributed by atoms with E-state index in [-0.39, 0.29) is 5.91 Å². The Balaban J connectivity index is 2.37. The number of amides is 1. The Morgan fingerprint density at radius 2 is 2.31 bits per heavy atom. The number of carbonyl (C=O) groups is 1.